The van der Waals surface area contributed by atoms with Crippen LogP contribution in [0.3, 0.4) is 0 Å². The number of halogens is 2. The van der Waals surface area contributed by atoms with Crippen molar-refractivity contribution in [1.29, 1.82) is 0 Å². The minimum atomic E-state index is -0.519. The highest BCUT2D eigenvalue weighted by Crippen LogP contribution is 2.54. The summed E-state index contributed by atoms with van der Waals surface area (Å²) in [5, 5.41) is 11.9. The van der Waals surface area contributed by atoms with E-state index in [9.17, 15) is 9.18 Å². The standard InChI is InChI=1S/C20H18ClFN4OS/c1-26-19(15-10-14(15)12-5-3-2-4-6-12)24-25-20(26)28-11-18(27)23-13-7-8-17(22)16(21)9-13/h2-9,14-15H,10-11H2,1H3,(H,23,27). The van der Waals surface area contributed by atoms with E-state index in [4.69, 9.17) is 11.6 Å². The van der Waals surface area contributed by atoms with Gasteiger partial charge < -0.3 is 9.88 Å². The second kappa shape index (κ2) is 7.93. The molecule has 1 saturated carbocycles. The summed E-state index contributed by atoms with van der Waals surface area (Å²) in [4.78, 5) is 12.2. The van der Waals surface area contributed by atoms with Crippen LogP contribution in [0.1, 0.15) is 29.6 Å². The van der Waals surface area contributed by atoms with Crippen molar-refractivity contribution in [3.8, 4) is 0 Å². The summed E-state index contributed by atoms with van der Waals surface area (Å²) in [5.41, 5.74) is 1.78. The number of benzene rings is 2. The van der Waals surface area contributed by atoms with Gasteiger partial charge in [0.25, 0.3) is 0 Å². The van der Waals surface area contributed by atoms with E-state index in [-0.39, 0.29) is 16.7 Å². The number of rotatable bonds is 6. The van der Waals surface area contributed by atoms with Gasteiger partial charge >= 0.3 is 0 Å². The molecule has 28 heavy (non-hydrogen) atoms. The summed E-state index contributed by atoms with van der Waals surface area (Å²) in [6, 6.07) is 14.5. The first-order chi connectivity index (χ1) is 13.5. The maximum absolute atomic E-state index is 13.2. The predicted octanol–water partition coefficient (Wildman–Crippen LogP) is 4.61. The highest BCUT2D eigenvalue weighted by molar-refractivity contribution is 7.99. The van der Waals surface area contributed by atoms with Crippen molar-refractivity contribution in [2.75, 3.05) is 11.1 Å². The van der Waals surface area contributed by atoms with Crippen LogP contribution in [0.2, 0.25) is 5.02 Å². The second-order valence-corrected chi connectivity index (χ2v) is 8.07. The molecule has 0 radical (unpaired) electrons. The quantitative estimate of drug-likeness (QED) is 0.596. The van der Waals surface area contributed by atoms with Gasteiger partial charge in [-0.05, 0) is 36.1 Å². The number of aromatic nitrogens is 3. The highest BCUT2D eigenvalue weighted by Gasteiger charge is 2.42. The van der Waals surface area contributed by atoms with Gasteiger partial charge in [0.15, 0.2) is 5.16 Å². The molecule has 1 amide bonds. The molecular formula is C20H18ClFN4OS. The minimum absolute atomic E-state index is 0.0270. The number of nitrogens with zero attached hydrogens (tertiary/aromatic N) is 3. The van der Waals surface area contributed by atoms with Gasteiger partial charge in [0.2, 0.25) is 5.91 Å². The molecule has 0 saturated heterocycles. The van der Waals surface area contributed by atoms with Crippen molar-refractivity contribution >= 4 is 35.0 Å². The Bertz CT molecular complexity index is 1010. The Hall–Kier alpha value is -2.38. The number of thioether (sulfide) groups is 1. The molecule has 0 spiro atoms. The van der Waals surface area contributed by atoms with E-state index in [1.165, 1.54) is 35.5 Å². The summed E-state index contributed by atoms with van der Waals surface area (Å²) in [6.07, 6.45) is 1.06. The van der Waals surface area contributed by atoms with Gasteiger partial charge in [0.1, 0.15) is 11.6 Å². The molecule has 1 heterocycles. The van der Waals surface area contributed by atoms with E-state index < -0.39 is 5.82 Å². The Kier molecular flexibility index (Phi) is 5.37. The SMILES string of the molecule is Cn1c(SCC(=O)Nc2ccc(F)c(Cl)c2)nnc1C1CC1c1ccccc1. The van der Waals surface area contributed by atoms with Gasteiger partial charge in [-0.25, -0.2) is 4.39 Å². The predicted molar refractivity (Wildman–Crippen MR) is 108 cm³/mol. The van der Waals surface area contributed by atoms with E-state index >= 15 is 0 Å². The zero-order valence-corrected chi connectivity index (χ0v) is 16.7. The number of hydrogen-bond acceptors (Lipinski definition) is 4. The summed E-state index contributed by atoms with van der Waals surface area (Å²) in [6.45, 7) is 0. The second-order valence-electron chi connectivity index (χ2n) is 6.72. The topological polar surface area (TPSA) is 59.8 Å². The third kappa shape index (κ3) is 4.05. The molecule has 5 nitrogen and oxygen atoms in total. The van der Waals surface area contributed by atoms with E-state index in [1.54, 1.807) is 0 Å². The van der Waals surface area contributed by atoms with Crippen LogP contribution in [0.5, 0.6) is 0 Å². The molecule has 1 fully saturated rings. The average Bonchev–Trinajstić information content (AvgIpc) is 3.40. The van der Waals surface area contributed by atoms with Crippen LogP contribution < -0.4 is 5.32 Å². The average molecular weight is 417 g/mol. The molecular weight excluding hydrogens is 399 g/mol. The Morgan fingerprint density at radius 3 is 2.79 bits per heavy atom. The van der Waals surface area contributed by atoms with Crippen LogP contribution >= 0.6 is 23.4 Å². The minimum Gasteiger partial charge on any atom is -0.325 e. The van der Waals surface area contributed by atoms with Crippen LogP contribution in [-0.2, 0) is 11.8 Å². The number of carbonyl (C=O) groups excluding carboxylic acids is 1. The lowest BCUT2D eigenvalue weighted by molar-refractivity contribution is -0.113. The first-order valence-corrected chi connectivity index (χ1v) is 10.2. The van der Waals surface area contributed by atoms with Crippen LogP contribution in [0.15, 0.2) is 53.7 Å². The molecule has 3 aromatic rings. The van der Waals surface area contributed by atoms with Crippen LogP contribution in [0.25, 0.3) is 0 Å². The fourth-order valence-corrected chi connectivity index (χ4v) is 4.12. The smallest absolute Gasteiger partial charge is 0.234 e. The zero-order valence-electron chi connectivity index (χ0n) is 15.1. The van der Waals surface area contributed by atoms with Crippen LogP contribution in [-0.4, -0.2) is 26.4 Å². The monoisotopic (exact) mass is 416 g/mol. The maximum atomic E-state index is 13.2. The van der Waals surface area contributed by atoms with Gasteiger partial charge in [-0.15, -0.1) is 10.2 Å². The van der Waals surface area contributed by atoms with Crippen molar-refractivity contribution in [1.82, 2.24) is 14.8 Å². The molecule has 2 atom stereocenters. The third-order valence-electron chi connectivity index (χ3n) is 4.75. The molecule has 2 aromatic carbocycles. The van der Waals surface area contributed by atoms with Crippen LogP contribution in [0.4, 0.5) is 10.1 Å². The number of anilines is 1. The molecule has 144 valence electrons. The molecule has 1 aliphatic carbocycles. The lowest BCUT2D eigenvalue weighted by Gasteiger charge is -2.06. The van der Waals surface area contributed by atoms with Crippen LogP contribution in [0, 0.1) is 5.82 Å². The fraction of sp³-hybridized carbons (Fsp3) is 0.250. The van der Waals surface area contributed by atoms with Gasteiger partial charge in [-0.3, -0.25) is 4.79 Å². The zero-order chi connectivity index (χ0) is 19.7. The molecule has 0 bridgehead atoms. The van der Waals surface area contributed by atoms with Crippen molar-refractivity contribution in [2.24, 2.45) is 7.05 Å². The molecule has 8 heteroatoms. The fourth-order valence-electron chi connectivity index (χ4n) is 3.22. The largest absolute Gasteiger partial charge is 0.325 e. The first-order valence-electron chi connectivity index (χ1n) is 8.85. The first kappa shape index (κ1) is 19.0. The molecule has 4 rings (SSSR count). The molecule has 2 unspecified atom stereocenters. The summed E-state index contributed by atoms with van der Waals surface area (Å²) in [5.74, 6) is 1.23. The molecule has 0 aliphatic heterocycles. The highest BCUT2D eigenvalue weighted by atomic mass is 35.5. The molecule has 1 aliphatic rings. The molecule has 1 N–H and O–H groups in total. The number of carbonyl (C=O) groups is 1. The Labute approximate surface area is 171 Å². The van der Waals surface area contributed by atoms with Crippen molar-refractivity contribution in [3.05, 3.63) is 70.8 Å². The number of hydrogen-bond donors (Lipinski definition) is 1. The van der Waals surface area contributed by atoms with Gasteiger partial charge in [-0.1, -0.05) is 53.7 Å². The Morgan fingerprint density at radius 2 is 2.04 bits per heavy atom. The van der Waals surface area contributed by atoms with Crippen molar-refractivity contribution in [2.45, 2.75) is 23.4 Å². The van der Waals surface area contributed by atoms with Crippen molar-refractivity contribution in [3.63, 3.8) is 0 Å². The maximum Gasteiger partial charge on any atom is 0.234 e. The van der Waals surface area contributed by atoms with E-state index in [0.29, 0.717) is 22.7 Å². The lowest BCUT2D eigenvalue weighted by atomic mass is 10.1. The Morgan fingerprint density at radius 1 is 1.25 bits per heavy atom. The summed E-state index contributed by atoms with van der Waals surface area (Å²) >= 11 is 7.05. The van der Waals surface area contributed by atoms with Gasteiger partial charge in [0, 0.05) is 18.7 Å². The van der Waals surface area contributed by atoms with E-state index in [0.717, 1.165) is 12.2 Å². The molecule has 1 aromatic heterocycles. The van der Waals surface area contributed by atoms with Gasteiger partial charge in [0.05, 0.1) is 10.8 Å². The summed E-state index contributed by atoms with van der Waals surface area (Å²) < 4.78 is 15.2. The van der Waals surface area contributed by atoms with Gasteiger partial charge in [-0.2, -0.15) is 0 Å². The van der Waals surface area contributed by atoms with Crippen molar-refractivity contribution < 1.29 is 9.18 Å². The van der Waals surface area contributed by atoms with E-state index in [2.05, 4.69) is 39.8 Å². The summed E-state index contributed by atoms with van der Waals surface area (Å²) in [7, 11) is 1.93. The third-order valence-corrected chi connectivity index (χ3v) is 6.06. The Balaban J connectivity index is 1.35. The lowest BCUT2D eigenvalue weighted by Crippen LogP contribution is -2.14. The number of nitrogens with one attached hydrogen (secondary N) is 1. The normalized spacial score (nSPS) is 18.1. The van der Waals surface area contributed by atoms with E-state index in [1.807, 2.05) is 17.7 Å². The number of amides is 1.